The maximum absolute atomic E-state index is 5.98. The van der Waals surface area contributed by atoms with Gasteiger partial charge in [-0.3, -0.25) is 5.10 Å². The van der Waals surface area contributed by atoms with E-state index in [9.17, 15) is 0 Å². The van der Waals surface area contributed by atoms with Gasteiger partial charge >= 0.3 is 0 Å². The first kappa shape index (κ1) is 12.9. The average Bonchev–Trinajstić information content (AvgIpc) is 3.02. The van der Waals surface area contributed by atoms with Crippen molar-refractivity contribution in [1.82, 2.24) is 15.2 Å². The van der Waals surface area contributed by atoms with Crippen LogP contribution in [0, 0.1) is 0 Å². The summed E-state index contributed by atoms with van der Waals surface area (Å²) < 4.78 is 6.15. The van der Waals surface area contributed by atoms with Crippen LogP contribution in [-0.2, 0) is 4.74 Å². The lowest BCUT2D eigenvalue weighted by molar-refractivity contribution is 0.210. The predicted octanol–water partition coefficient (Wildman–Crippen LogP) is 2.33. The third-order valence-corrected chi connectivity index (χ3v) is 3.95. The zero-order valence-electron chi connectivity index (χ0n) is 11.0. The number of hydrogen-bond acceptors (Lipinski definition) is 6. The van der Waals surface area contributed by atoms with E-state index in [-0.39, 0.29) is 0 Å². The highest BCUT2D eigenvalue weighted by atomic mass is 32.1. The molecule has 0 spiro atoms. The van der Waals surface area contributed by atoms with E-state index >= 15 is 0 Å². The first-order chi connectivity index (χ1) is 9.79. The summed E-state index contributed by atoms with van der Waals surface area (Å²) in [6, 6.07) is 8.01. The van der Waals surface area contributed by atoms with Crippen LogP contribution in [0.5, 0.6) is 0 Å². The number of benzene rings is 1. The number of nitrogens with two attached hydrogens (primary N) is 1. The zero-order valence-corrected chi connectivity index (χ0v) is 11.8. The molecular weight excluding hydrogens is 274 g/mol. The summed E-state index contributed by atoms with van der Waals surface area (Å²) in [4.78, 5) is 4.61. The Balaban J connectivity index is 1.98. The number of nitrogens with one attached hydrogen (secondary N) is 2. The highest BCUT2D eigenvalue weighted by molar-refractivity contribution is 7.21. The van der Waals surface area contributed by atoms with Gasteiger partial charge in [-0.25, -0.2) is 4.98 Å². The number of ether oxygens (including phenoxy) is 1. The second-order valence-corrected chi connectivity index (χ2v) is 5.30. The summed E-state index contributed by atoms with van der Waals surface area (Å²) in [6.07, 6.45) is 0. The summed E-state index contributed by atoms with van der Waals surface area (Å²) >= 11 is 1.60. The lowest BCUT2D eigenvalue weighted by Crippen LogP contribution is -2.08. The van der Waals surface area contributed by atoms with Gasteiger partial charge in [-0.1, -0.05) is 12.1 Å². The van der Waals surface area contributed by atoms with Crippen LogP contribution < -0.4 is 11.1 Å². The van der Waals surface area contributed by atoms with Crippen LogP contribution >= 0.6 is 11.3 Å². The molecule has 0 saturated heterocycles. The molecule has 0 saturated carbocycles. The van der Waals surface area contributed by atoms with Crippen molar-refractivity contribution in [3.8, 4) is 10.6 Å². The van der Waals surface area contributed by atoms with E-state index in [1.54, 1.807) is 18.4 Å². The molecule has 0 bridgehead atoms. The van der Waals surface area contributed by atoms with Gasteiger partial charge in [0.2, 0.25) is 0 Å². The smallest absolute Gasteiger partial charge is 0.160 e. The second-order valence-electron chi connectivity index (χ2n) is 4.27. The summed E-state index contributed by atoms with van der Waals surface area (Å²) in [6.45, 7) is 1.27. The third kappa shape index (κ3) is 2.33. The van der Waals surface area contributed by atoms with Crippen LogP contribution in [0.15, 0.2) is 24.3 Å². The van der Waals surface area contributed by atoms with Gasteiger partial charge < -0.3 is 15.8 Å². The van der Waals surface area contributed by atoms with E-state index in [0.29, 0.717) is 24.8 Å². The molecule has 7 heteroatoms. The van der Waals surface area contributed by atoms with Crippen molar-refractivity contribution in [2.75, 3.05) is 31.3 Å². The molecule has 0 aliphatic carbocycles. The van der Waals surface area contributed by atoms with E-state index in [2.05, 4.69) is 20.5 Å². The maximum Gasteiger partial charge on any atom is 0.160 e. The number of thiazole rings is 1. The molecule has 4 N–H and O–H groups in total. The Hall–Kier alpha value is -2.12. The normalized spacial score (nSPS) is 11.1. The minimum Gasteiger partial charge on any atom is -0.383 e. The Kier molecular flexibility index (Phi) is 3.53. The molecule has 3 aromatic rings. The van der Waals surface area contributed by atoms with E-state index in [1.165, 1.54) is 0 Å². The standard InChI is InChI=1S/C13H15N5OS/c1-19-7-6-15-12-10(11(14)17-18-12)13-16-8-4-2-3-5-9(8)20-13/h2-5H,6-7H2,1H3,(H4,14,15,17,18). The van der Waals surface area contributed by atoms with Crippen LogP contribution in [0.4, 0.5) is 11.6 Å². The number of rotatable bonds is 5. The number of aromatic nitrogens is 3. The quantitative estimate of drug-likeness (QED) is 0.627. The van der Waals surface area contributed by atoms with Crippen LogP contribution in [0.1, 0.15) is 0 Å². The SMILES string of the molecule is COCCNc1n[nH]c(N)c1-c1nc2ccccc2s1. The summed E-state index contributed by atoms with van der Waals surface area (Å²) in [5.74, 6) is 1.22. The fourth-order valence-electron chi connectivity index (χ4n) is 1.95. The molecule has 104 valence electrons. The van der Waals surface area contributed by atoms with Crippen molar-refractivity contribution in [2.24, 2.45) is 0 Å². The predicted molar refractivity (Wildman–Crippen MR) is 82.0 cm³/mol. The Morgan fingerprint density at radius 2 is 2.25 bits per heavy atom. The first-order valence-corrected chi connectivity index (χ1v) is 7.04. The van der Waals surface area contributed by atoms with Crippen molar-refractivity contribution >= 4 is 33.2 Å². The number of hydrogen-bond donors (Lipinski definition) is 3. The van der Waals surface area contributed by atoms with Crippen molar-refractivity contribution in [3.63, 3.8) is 0 Å². The van der Waals surface area contributed by atoms with Gasteiger partial charge in [0.15, 0.2) is 5.82 Å². The Morgan fingerprint density at radius 3 is 3.05 bits per heavy atom. The molecule has 0 amide bonds. The summed E-state index contributed by atoms with van der Waals surface area (Å²) in [5, 5.41) is 11.0. The van der Waals surface area contributed by atoms with Gasteiger partial charge in [-0.2, -0.15) is 5.10 Å². The van der Waals surface area contributed by atoms with Gasteiger partial charge in [0.05, 0.1) is 22.4 Å². The second kappa shape index (κ2) is 5.48. The van der Waals surface area contributed by atoms with Gasteiger partial charge in [0, 0.05) is 13.7 Å². The van der Waals surface area contributed by atoms with Crippen molar-refractivity contribution in [2.45, 2.75) is 0 Å². The number of fused-ring (bicyclic) bond motifs is 1. The number of nitrogen functional groups attached to an aromatic ring is 1. The fourth-order valence-corrected chi connectivity index (χ4v) is 2.98. The molecule has 0 unspecified atom stereocenters. The van der Waals surface area contributed by atoms with E-state index < -0.39 is 0 Å². The highest BCUT2D eigenvalue weighted by Gasteiger charge is 2.17. The molecule has 0 atom stereocenters. The number of methoxy groups -OCH3 is 1. The van der Waals surface area contributed by atoms with Crippen molar-refractivity contribution in [3.05, 3.63) is 24.3 Å². The van der Waals surface area contributed by atoms with Crippen LogP contribution in [-0.4, -0.2) is 35.4 Å². The molecule has 0 aliphatic rings. The molecule has 20 heavy (non-hydrogen) atoms. The lowest BCUT2D eigenvalue weighted by atomic mass is 10.3. The third-order valence-electron chi connectivity index (χ3n) is 2.90. The van der Waals surface area contributed by atoms with Crippen LogP contribution in [0.25, 0.3) is 20.8 Å². The summed E-state index contributed by atoms with van der Waals surface area (Å²) in [5.41, 5.74) is 7.77. The van der Waals surface area contributed by atoms with Gasteiger partial charge in [-0.05, 0) is 12.1 Å². The maximum atomic E-state index is 5.98. The topological polar surface area (TPSA) is 88.8 Å². The number of anilines is 2. The monoisotopic (exact) mass is 289 g/mol. The molecule has 0 aliphatic heterocycles. The largest absolute Gasteiger partial charge is 0.383 e. The van der Waals surface area contributed by atoms with E-state index in [0.717, 1.165) is 20.8 Å². The number of para-hydroxylation sites is 1. The molecule has 3 rings (SSSR count). The highest BCUT2D eigenvalue weighted by Crippen LogP contribution is 2.36. The Morgan fingerprint density at radius 1 is 1.40 bits per heavy atom. The molecule has 0 fully saturated rings. The molecule has 2 aromatic heterocycles. The average molecular weight is 289 g/mol. The van der Waals surface area contributed by atoms with E-state index in [1.807, 2.05) is 24.3 Å². The Labute approximate surface area is 120 Å². The minimum atomic E-state index is 0.518. The first-order valence-electron chi connectivity index (χ1n) is 6.22. The molecule has 6 nitrogen and oxygen atoms in total. The molecule has 1 aromatic carbocycles. The zero-order chi connectivity index (χ0) is 13.9. The van der Waals surface area contributed by atoms with E-state index in [4.69, 9.17) is 10.5 Å². The minimum absolute atomic E-state index is 0.518. The van der Waals surface area contributed by atoms with Crippen molar-refractivity contribution < 1.29 is 4.74 Å². The number of aromatic amines is 1. The molecular formula is C13H15N5OS. The van der Waals surface area contributed by atoms with Crippen LogP contribution in [0.2, 0.25) is 0 Å². The summed E-state index contributed by atoms with van der Waals surface area (Å²) in [7, 11) is 1.66. The van der Waals surface area contributed by atoms with Crippen LogP contribution in [0.3, 0.4) is 0 Å². The fraction of sp³-hybridized carbons (Fsp3) is 0.231. The number of nitrogens with zero attached hydrogens (tertiary/aromatic N) is 2. The van der Waals surface area contributed by atoms with Crippen molar-refractivity contribution in [1.29, 1.82) is 0 Å². The van der Waals surface area contributed by atoms with Gasteiger partial charge in [0.1, 0.15) is 10.8 Å². The Bertz CT molecular complexity index is 687. The molecule has 2 heterocycles. The number of H-pyrrole nitrogens is 1. The molecule has 0 radical (unpaired) electrons. The lowest BCUT2D eigenvalue weighted by Gasteiger charge is -2.03. The van der Waals surface area contributed by atoms with Gasteiger partial charge in [-0.15, -0.1) is 11.3 Å². The van der Waals surface area contributed by atoms with Gasteiger partial charge in [0.25, 0.3) is 0 Å².